The van der Waals surface area contributed by atoms with Crippen molar-refractivity contribution in [2.45, 2.75) is 51.2 Å². The monoisotopic (exact) mass is 571 g/mol. The van der Waals surface area contributed by atoms with Crippen molar-refractivity contribution in [2.24, 2.45) is 13.0 Å². The van der Waals surface area contributed by atoms with E-state index in [1.54, 1.807) is 13.2 Å². The summed E-state index contributed by atoms with van der Waals surface area (Å²) >= 11 is 6.40. The number of nitrogens with one attached hydrogen (secondary N) is 1. The number of anilines is 1. The Morgan fingerprint density at radius 3 is 2.58 bits per heavy atom. The van der Waals surface area contributed by atoms with E-state index in [2.05, 4.69) is 5.32 Å². The van der Waals surface area contributed by atoms with E-state index in [0.29, 0.717) is 12.2 Å². The highest BCUT2D eigenvalue weighted by Gasteiger charge is 2.28. The molecule has 1 heterocycles. The second-order valence-corrected chi connectivity index (χ2v) is 10.8. The van der Waals surface area contributed by atoms with Gasteiger partial charge in [0.05, 0.1) is 54.5 Å². The average Bonchev–Trinajstić information content (AvgIpc) is 3.30. The number of rotatable bonds is 9. The second kappa shape index (κ2) is 12.8. The smallest absolute Gasteiger partial charge is 0.308 e. The molecule has 1 atom stereocenters. The minimum atomic E-state index is -0.634. The lowest BCUT2D eigenvalue weighted by Crippen LogP contribution is -2.40. The van der Waals surface area contributed by atoms with Gasteiger partial charge in [-0.3, -0.25) is 14.4 Å². The third kappa shape index (κ3) is 6.64. The van der Waals surface area contributed by atoms with Gasteiger partial charge in [-0.15, -0.1) is 0 Å². The number of esters is 1. The van der Waals surface area contributed by atoms with E-state index in [4.69, 9.17) is 21.1 Å². The lowest BCUT2D eigenvalue weighted by molar-refractivity contribution is -0.148. The molecule has 214 valence electrons. The molecule has 2 aromatic carbocycles. The van der Waals surface area contributed by atoms with Crippen LogP contribution in [0.3, 0.4) is 0 Å². The number of benzene rings is 2. The van der Waals surface area contributed by atoms with Gasteiger partial charge < -0.3 is 24.3 Å². The van der Waals surface area contributed by atoms with Gasteiger partial charge in [0.15, 0.2) is 0 Å². The first-order valence-corrected chi connectivity index (χ1v) is 13.7. The molecule has 0 unspecified atom stereocenters. The molecule has 1 saturated carbocycles. The Balaban J connectivity index is 1.33. The Bertz CT molecular complexity index is 1400. The van der Waals surface area contributed by atoms with Crippen molar-refractivity contribution in [3.05, 3.63) is 64.6 Å². The van der Waals surface area contributed by atoms with E-state index in [0.717, 1.165) is 42.7 Å². The van der Waals surface area contributed by atoms with Crippen LogP contribution >= 0.6 is 11.6 Å². The summed E-state index contributed by atoms with van der Waals surface area (Å²) in [6, 6.07) is 9.78. The summed E-state index contributed by atoms with van der Waals surface area (Å²) in [6.07, 6.45) is 4.52. The van der Waals surface area contributed by atoms with Crippen LogP contribution in [0.25, 0.3) is 10.9 Å². The van der Waals surface area contributed by atoms with Gasteiger partial charge >= 0.3 is 5.97 Å². The Kier molecular flexibility index (Phi) is 9.48. The van der Waals surface area contributed by atoms with Crippen molar-refractivity contribution in [3.63, 3.8) is 0 Å². The topological polar surface area (TPSA) is 89.9 Å². The molecule has 0 spiro atoms. The molecule has 0 aliphatic heterocycles. The van der Waals surface area contributed by atoms with Crippen LogP contribution in [0, 0.1) is 11.7 Å². The molecule has 1 aliphatic rings. The zero-order valence-corrected chi connectivity index (χ0v) is 24.0. The third-order valence-electron chi connectivity index (χ3n) is 7.70. The Morgan fingerprint density at radius 2 is 1.88 bits per heavy atom. The molecule has 3 aromatic rings. The summed E-state index contributed by atoms with van der Waals surface area (Å²) in [5, 5.41) is 3.61. The van der Waals surface area contributed by atoms with Crippen LogP contribution < -0.4 is 5.32 Å². The number of halogens is 2. The number of hydrogen-bond donors (Lipinski definition) is 1. The normalized spacial score (nSPS) is 17.9. The highest BCUT2D eigenvalue weighted by atomic mass is 35.5. The van der Waals surface area contributed by atoms with Crippen LogP contribution in [0.4, 0.5) is 10.1 Å². The number of aryl methyl sites for hydroxylation is 1. The first-order valence-electron chi connectivity index (χ1n) is 13.4. The van der Waals surface area contributed by atoms with E-state index in [1.165, 1.54) is 18.1 Å². The predicted molar refractivity (Wildman–Crippen MR) is 152 cm³/mol. The highest BCUT2D eigenvalue weighted by Crippen LogP contribution is 2.29. The molecular weight excluding hydrogens is 537 g/mol. The van der Waals surface area contributed by atoms with Gasteiger partial charge in [-0.25, -0.2) is 4.39 Å². The van der Waals surface area contributed by atoms with Crippen molar-refractivity contribution in [1.29, 1.82) is 0 Å². The Hall–Kier alpha value is -3.43. The van der Waals surface area contributed by atoms with Crippen molar-refractivity contribution < 1.29 is 28.2 Å². The zero-order valence-electron chi connectivity index (χ0n) is 23.2. The Morgan fingerprint density at radius 1 is 1.18 bits per heavy atom. The molecule has 0 saturated heterocycles. The molecule has 1 aromatic heterocycles. The molecule has 40 heavy (non-hydrogen) atoms. The first-order chi connectivity index (χ1) is 19.1. The third-order valence-corrected chi connectivity index (χ3v) is 8.02. The van der Waals surface area contributed by atoms with E-state index in [9.17, 15) is 14.4 Å². The summed E-state index contributed by atoms with van der Waals surface area (Å²) in [5.74, 6) is -1.58. The summed E-state index contributed by atoms with van der Waals surface area (Å²) < 4.78 is 27.7. The van der Waals surface area contributed by atoms with Crippen molar-refractivity contribution >= 4 is 46.0 Å². The number of fused-ring (bicyclic) bond motifs is 1. The first kappa shape index (κ1) is 29.6. The van der Waals surface area contributed by atoms with Gasteiger partial charge in [-0.2, -0.15) is 0 Å². The summed E-state index contributed by atoms with van der Waals surface area (Å²) in [7, 11) is 4.90. The molecule has 0 bridgehead atoms. The summed E-state index contributed by atoms with van der Waals surface area (Å²) in [4.78, 5) is 39.1. The molecule has 2 amide bonds. The van der Waals surface area contributed by atoms with Gasteiger partial charge in [-0.05, 0) is 56.4 Å². The number of likely N-dealkylation sites (N-methyl/N-ethyl adjacent to an activating group) is 1. The molecule has 0 radical (unpaired) electrons. The quantitative estimate of drug-likeness (QED) is 0.349. The molecule has 10 heteroatoms. The minimum Gasteiger partial charge on any atom is -0.469 e. The fourth-order valence-electron chi connectivity index (χ4n) is 5.08. The van der Waals surface area contributed by atoms with Crippen LogP contribution in [0.5, 0.6) is 0 Å². The highest BCUT2D eigenvalue weighted by molar-refractivity contribution is 6.34. The number of methoxy groups -OCH3 is 1. The number of amides is 2. The van der Waals surface area contributed by atoms with Crippen molar-refractivity contribution in [3.8, 4) is 0 Å². The maximum absolute atomic E-state index is 15.0. The zero-order chi connectivity index (χ0) is 29.0. The lowest BCUT2D eigenvalue weighted by Gasteiger charge is -2.30. The maximum atomic E-state index is 15.0. The number of carbonyl (C=O) groups excluding carboxylic acids is 3. The van der Waals surface area contributed by atoms with E-state index in [-0.39, 0.29) is 52.6 Å². The minimum absolute atomic E-state index is 0.0275. The van der Waals surface area contributed by atoms with Crippen LogP contribution in [-0.2, 0) is 32.5 Å². The van der Waals surface area contributed by atoms with Crippen molar-refractivity contribution in [1.82, 2.24) is 9.47 Å². The number of aromatic nitrogens is 1. The lowest BCUT2D eigenvalue weighted by atomic mass is 9.87. The number of carbonyl (C=O) groups is 3. The molecule has 1 fully saturated rings. The van der Waals surface area contributed by atoms with Crippen molar-refractivity contribution in [2.75, 3.05) is 26.1 Å². The number of para-hydroxylation sites is 1. The molecule has 8 nitrogen and oxygen atoms in total. The second-order valence-electron chi connectivity index (χ2n) is 10.4. The van der Waals surface area contributed by atoms with E-state index >= 15 is 4.39 Å². The van der Waals surface area contributed by atoms with Gasteiger partial charge in [0.25, 0.3) is 5.91 Å². The van der Waals surface area contributed by atoms with E-state index < -0.39 is 11.7 Å². The Labute approximate surface area is 238 Å². The molecular formula is C30H35ClFN3O5. The van der Waals surface area contributed by atoms with Crippen LogP contribution in [-0.4, -0.2) is 60.2 Å². The predicted octanol–water partition coefficient (Wildman–Crippen LogP) is 5.36. The average molecular weight is 572 g/mol. The van der Waals surface area contributed by atoms with Crippen LogP contribution in [0.2, 0.25) is 5.02 Å². The van der Waals surface area contributed by atoms with Gasteiger partial charge in [0, 0.05) is 31.2 Å². The van der Waals surface area contributed by atoms with E-state index in [1.807, 2.05) is 42.8 Å². The maximum Gasteiger partial charge on any atom is 0.308 e. The fourth-order valence-corrected chi connectivity index (χ4v) is 5.32. The fraction of sp³-hybridized carbons (Fsp3) is 0.433. The van der Waals surface area contributed by atoms with Crippen LogP contribution in [0.1, 0.15) is 48.5 Å². The summed E-state index contributed by atoms with van der Waals surface area (Å²) in [6.45, 7) is 2.20. The number of nitrogens with zero attached hydrogens (tertiary/aromatic N) is 2. The standard InChI is InChI=1S/C30H35ClFN3O5/c1-18(17-40-21-11-9-19(10-12-21)30(38)39-4)35(3)28(36)14-20-13-24(31)26(15-25(20)32)33-29(37)23-16-34(2)27-8-6-5-7-22(23)27/h5-8,13,15-16,18-19,21H,9-12,14,17H2,1-4H3,(H,33,37)/t18-,19?,21?/m0/s1. The number of ether oxygens (including phenoxy) is 2. The van der Waals surface area contributed by atoms with Crippen LogP contribution in [0.15, 0.2) is 42.6 Å². The van der Waals surface area contributed by atoms with Gasteiger partial charge in [0.1, 0.15) is 5.82 Å². The van der Waals surface area contributed by atoms with Gasteiger partial charge in [0.2, 0.25) is 5.91 Å². The molecule has 4 rings (SSSR count). The largest absolute Gasteiger partial charge is 0.469 e. The SMILES string of the molecule is COC(=O)C1CCC(OC[C@H](C)N(C)C(=O)Cc2cc(Cl)c(NC(=O)c3cn(C)c4ccccc34)cc2F)CC1. The van der Waals surface area contributed by atoms with Gasteiger partial charge in [-0.1, -0.05) is 29.8 Å². The molecule has 1 N–H and O–H groups in total. The number of hydrogen-bond acceptors (Lipinski definition) is 5. The summed E-state index contributed by atoms with van der Waals surface area (Å²) in [5.41, 5.74) is 1.61. The molecule has 1 aliphatic carbocycles.